The molecular weight excluding hydrogens is 402 g/mol. The van der Waals surface area contributed by atoms with Crippen LogP contribution in [0.25, 0.3) is 0 Å². The quantitative estimate of drug-likeness (QED) is 0.566. The molecule has 160 valence electrons. The van der Waals surface area contributed by atoms with E-state index in [-0.39, 0.29) is 5.03 Å². The van der Waals surface area contributed by atoms with E-state index in [0.717, 1.165) is 30.3 Å². The summed E-state index contributed by atoms with van der Waals surface area (Å²) in [4.78, 5) is 15.3. The molecule has 0 spiro atoms. The Balaban J connectivity index is 1.75. The molecule has 2 aromatic heterocycles. The van der Waals surface area contributed by atoms with Gasteiger partial charge in [-0.3, -0.25) is 4.72 Å². The second kappa shape index (κ2) is 8.70. The predicted molar refractivity (Wildman–Crippen MR) is 119 cm³/mol. The minimum Gasteiger partial charge on any atom is -0.357 e. The van der Waals surface area contributed by atoms with E-state index in [1.807, 2.05) is 13.0 Å². The first-order valence-corrected chi connectivity index (χ1v) is 11.2. The van der Waals surface area contributed by atoms with Crippen LogP contribution in [0.3, 0.4) is 0 Å². The molecule has 0 saturated heterocycles. The third-order valence-electron chi connectivity index (χ3n) is 4.68. The van der Waals surface area contributed by atoms with E-state index in [1.165, 1.54) is 6.20 Å². The highest BCUT2D eigenvalue weighted by Gasteiger charge is 2.18. The third-order valence-corrected chi connectivity index (χ3v) is 5.94. The topological polar surface area (TPSA) is 105 Å². The van der Waals surface area contributed by atoms with Gasteiger partial charge in [-0.15, -0.1) is 0 Å². The number of benzene rings is 1. The van der Waals surface area contributed by atoms with Gasteiger partial charge in [-0.25, -0.2) is 9.97 Å². The van der Waals surface area contributed by atoms with E-state index in [4.69, 9.17) is 0 Å². The maximum atomic E-state index is 12.5. The van der Waals surface area contributed by atoms with Crippen molar-refractivity contribution >= 4 is 33.2 Å². The van der Waals surface area contributed by atoms with Crippen LogP contribution in [0, 0.1) is 13.8 Å². The van der Waals surface area contributed by atoms with E-state index in [9.17, 15) is 8.42 Å². The Morgan fingerprint density at radius 3 is 2.20 bits per heavy atom. The Morgan fingerprint density at radius 1 is 1.00 bits per heavy atom. The van der Waals surface area contributed by atoms with Crippen molar-refractivity contribution in [2.45, 2.75) is 32.7 Å². The van der Waals surface area contributed by atoms with Crippen molar-refractivity contribution in [1.29, 1.82) is 0 Å². The van der Waals surface area contributed by atoms with Crippen LogP contribution in [-0.4, -0.2) is 41.0 Å². The Labute approximate surface area is 177 Å². The lowest BCUT2D eigenvalue weighted by Crippen LogP contribution is -2.23. The van der Waals surface area contributed by atoms with E-state index < -0.39 is 10.0 Å². The van der Waals surface area contributed by atoms with Crippen molar-refractivity contribution in [2.24, 2.45) is 7.05 Å². The maximum absolute atomic E-state index is 12.5. The number of imidazole rings is 1. The number of hydrogen-bond donors (Lipinski definition) is 2. The molecule has 0 aliphatic rings. The zero-order valence-electron chi connectivity index (χ0n) is 17.8. The molecule has 2 heterocycles. The highest BCUT2D eigenvalue weighted by molar-refractivity contribution is 7.92. The van der Waals surface area contributed by atoms with Gasteiger partial charge in [0, 0.05) is 49.5 Å². The van der Waals surface area contributed by atoms with Gasteiger partial charge >= 0.3 is 0 Å². The van der Waals surface area contributed by atoms with Gasteiger partial charge < -0.3 is 14.8 Å². The van der Waals surface area contributed by atoms with E-state index >= 15 is 0 Å². The van der Waals surface area contributed by atoms with Crippen LogP contribution in [-0.2, 0) is 17.1 Å². The number of hydrogen-bond acceptors (Lipinski definition) is 7. The van der Waals surface area contributed by atoms with Crippen LogP contribution < -0.4 is 14.9 Å². The van der Waals surface area contributed by atoms with Crippen LogP contribution in [0.4, 0.5) is 23.1 Å². The van der Waals surface area contributed by atoms with Crippen molar-refractivity contribution in [2.75, 3.05) is 28.0 Å². The highest BCUT2D eigenvalue weighted by Crippen LogP contribution is 2.21. The average Bonchev–Trinajstić information content (AvgIpc) is 3.03. The fourth-order valence-corrected chi connectivity index (χ4v) is 4.03. The lowest BCUT2D eigenvalue weighted by atomic mass is 10.3. The van der Waals surface area contributed by atoms with Gasteiger partial charge in [0.25, 0.3) is 10.0 Å². The van der Waals surface area contributed by atoms with Gasteiger partial charge in [0.1, 0.15) is 11.6 Å². The third kappa shape index (κ3) is 4.88. The Morgan fingerprint density at radius 2 is 1.63 bits per heavy atom. The second-order valence-corrected chi connectivity index (χ2v) is 8.54. The predicted octanol–water partition coefficient (Wildman–Crippen LogP) is 3.22. The standard InChI is InChI=1S/C20H27N7O2S/c1-6-27(7-2)18-12-14(3)21-20(24-18)23-16-8-10-17(11-9-16)25-30(28,29)19-13-26(5)15(4)22-19/h8-13,25H,6-7H2,1-5H3,(H,21,23,24). The van der Waals surface area contributed by atoms with Gasteiger partial charge in [-0.05, 0) is 52.0 Å². The molecule has 0 aliphatic heterocycles. The number of nitrogens with zero attached hydrogens (tertiary/aromatic N) is 5. The normalized spacial score (nSPS) is 11.4. The minimum atomic E-state index is -3.75. The smallest absolute Gasteiger partial charge is 0.280 e. The summed E-state index contributed by atoms with van der Waals surface area (Å²) in [5.41, 5.74) is 2.06. The first-order chi connectivity index (χ1) is 14.2. The molecule has 2 N–H and O–H groups in total. The molecule has 0 atom stereocenters. The lowest BCUT2D eigenvalue weighted by Gasteiger charge is -2.20. The van der Waals surface area contributed by atoms with Crippen LogP contribution >= 0.6 is 0 Å². The summed E-state index contributed by atoms with van der Waals surface area (Å²) in [5, 5.41) is 3.17. The molecule has 3 rings (SSSR count). The summed E-state index contributed by atoms with van der Waals surface area (Å²) in [7, 11) is -2.00. The van der Waals surface area contributed by atoms with Crippen LogP contribution in [0.15, 0.2) is 41.6 Å². The highest BCUT2D eigenvalue weighted by atomic mass is 32.2. The summed E-state index contributed by atoms with van der Waals surface area (Å²) in [6, 6.07) is 8.84. The summed E-state index contributed by atoms with van der Waals surface area (Å²) >= 11 is 0. The van der Waals surface area contributed by atoms with Gasteiger partial charge in [0.15, 0.2) is 5.03 Å². The molecule has 0 amide bonds. The zero-order valence-corrected chi connectivity index (χ0v) is 18.7. The summed E-state index contributed by atoms with van der Waals surface area (Å²) in [5.74, 6) is 1.98. The first kappa shape index (κ1) is 21.6. The van der Waals surface area contributed by atoms with Gasteiger partial charge in [0.2, 0.25) is 5.95 Å². The zero-order chi connectivity index (χ0) is 21.9. The van der Waals surface area contributed by atoms with Gasteiger partial charge in [-0.2, -0.15) is 13.4 Å². The molecule has 0 saturated carbocycles. The minimum absolute atomic E-state index is 0.0122. The molecule has 0 aliphatic carbocycles. The van der Waals surface area contributed by atoms with Gasteiger partial charge in [0.05, 0.1) is 0 Å². The molecule has 0 fully saturated rings. The van der Waals surface area contributed by atoms with E-state index in [2.05, 4.69) is 43.7 Å². The first-order valence-electron chi connectivity index (χ1n) is 9.72. The van der Waals surface area contributed by atoms with Crippen molar-refractivity contribution in [3.63, 3.8) is 0 Å². The Kier molecular flexibility index (Phi) is 6.25. The molecular formula is C20H27N7O2S. The molecule has 30 heavy (non-hydrogen) atoms. The number of rotatable bonds is 8. The van der Waals surface area contributed by atoms with Gasteiger partial charge in [-0.1, -0.05) is 0 Å². The fraction of sp³-hybridized carbons (Fsp3) is 0.350. The average molecular weight is 430 g/mol. The lowest BCUT2D eigenvalue weighted by molar-refractivity contribution is 0.598. The number of aryl methyl sites for hydroxylation is 3. The SMILES string of the molecule is CCN(CC)c1cc(C)nc(Nc2ccc(NS(=O)(=O)c3cn(C)c(C)n3)cc2)n1. The number of aromatic nitrogens is 4. The van der Waals surface area contributed by atoms with Crippen LogP contribution in [0.1, 0.15) is 25.4 Å². The Hall–Kier alpha value is -3.14. The fourth-order valence-electron chi connectivity index (χ4n) is 2.93. The molecule has 3 aromatic rings. The van der Waals surface area contributed by atoms with Crippen molar-refractivity contribution in [1.82, 2.24) is 19.5 Å². The number of anilines is 4. The summed E-state index contributed by atoms with van der Waals surface area (Å²) < 4.78 is 29.2. The molecule has 10 heteroatoms. The van der Waals surface area contributed by atoms with Crippen molar-refractivity contribution in [3.8, 4) is 0 Å². The molecule has 9 nitrogen and oxygen atoms in total. The monoisotopic (exact) mass is 429 g/mol. The summed E-state index contributed by atoms with van der Waals surface area (Å²) in [6.45, 7) is 9.56. The second-order valence-electron chi connectivity index (χ2n) is 6.91. The molecule has 1 aromatic carbocycles. The molecule has 0 unspecified atom stereocenters. The summed E-state index contributed by atoms with van der Waals surface area (Å²) in [6.07, 6.45) is 1.48. The Bertz CT molecular complexity index is 1100. The van der Waals surface area contributed by atoms with E-state index in [1.54, 1.807) is 42.8 Å². The van der Waals surface area contributed by atoms with Crippen LogP contribution in [0.2, 0.25) is 0 Å². The largest absolute Gasteiger partial charge is 0.357 e. The van der Waals surface area contributed by atoms with Crippen molar-refractivity contribution in [3.05, 3.63) is 48.0 Å². The van der Waals surface area contributed by atoms with E-state index in [0.29, 0.717) is 17.5 Å². The van der Waals surface area contributed by atoms with Crippen LogP contribution in [0.5, 0.6) is 0 Å². The molecule has 0 bridgehead atoms. The van der Waals surface area contributed by atoms with Crippen molar-refractivity contribution < 1.29 is 8.42 Å². The number of nitrogens with one attached hydrogen (secondary N) is 2. The number of sulfonamides is 1. The molecule has 0 radical (unpaired) electrons. The maximum Gasteiger partial charge on any atom is 0.280 e.